The fraction of sp³-hybridized carbons (Fsp3) is 0.764. The third-order valence-electron chi connectivity index (χ3n) is 19.8. The molecule has 0 unspecified atom stereocenters. The number of carbonyl (C=O) groups excluding carboxylic acids is 4. The van der Waals surface area contributed by atoms with Gasteiger partial charge in [-0.15, -0.1) is 5.10 Å². The summed E-state index contributed by atoms with van der Waals surface area (Å²) in [6.45, 7) is 16.6. The number of carboxylic acids is 2. The molecule has 1 heterocycles. The normalized spacial score (nSPS) is 30.5. The van der Waals surface area contributed by atoms with Crippen molar-refractivity contribution in [1.82, 2.24) is 30.9 Å². The molecule has 4 fully saturated rings. The lowest BCUT2D eigenvalue weighted by Crippen LogP contribution is -2.65. The maximum Gasteiger partial charge on any atom is 0.326 e. The molecule has 17 N–H and O–H groups in total. The van der Waals surface area contributed by atoms with Gasteiger partial charge in [-0.05, 0) is 142 Å². The van der Waals surface area contributed by atoms with E-state index < -0.39 is 53.2 Å². The first-order valence-corrected chi connectivity index (χ1v) is 28.4. The maximum atomic E-state index is 13.9. The number of guanidine groups is 3. The number of hydrogen-bond donors (Lipinski definition) is 11. The number of nitrogens with zero attached hydrogens (tertiary/aromatic N) is 6. The van der Waals surface area contributed by atoms with Gasteiger partial charge in [0.15, 0.2) is 17.9 Å². The van der Waals surface area contributed by atoms with Crippen molar-refractivity contribution < 1.29 is 43.7 Å². The molecule has 79 heavy (non-hydrogen) atoms. The fourth-order valence-electron chi connectivity index (χ4n) is 15.3. The third-order valence-corrected chi connectivity index (χ3v) is 19.8. The van der Waals surface area contributed by atoms with Crippen molar-refractivity contribution in [3.05, 3.63) is 23.5 Å². The zero-order chi connectivity index (χ0) is 58.3. The number of ether oxygens (including phenoxy) is 1. The van der Waals surface area contributed by atoms with Crippen LogP contribution in [0.5, 0.6) is 0 Å². The van der Waals surface area contributed by atoms with Gasteiger partial charge in [0.2, 0.25) is 17.7 Å². The largest absolute Gasteiger partial charge is 0.481 e. The molecule has 440 valence electrons. The summed E-state index contributed by atoms with van der Waals surface area (Å²) in [6.07, 6.45) is 12.8. The van der Waals surface area contributed by atoms with E-state index in [2.05, 4.69) is 95.8 Å². The van der Waals surface area contributed by atoms with Crippen molar-refractivity contribution in [3.63, 3.8) is 0 Å². The van der Waals surface area contributed by atoms with Crippen LogP contribution in [0.2, 0.25) is 0 Å². The molecule has 1 aromatic heterocycles. The molecule has 3 amide bonds. The van der Waals surface area contributed by atoms with E-state index in [1.807, 2.05) is 0 Å². The van der Waals surface area contributed by atoms with Crippen LogP contribution in [0.3, 0.4) is 0 Å². The zero-order valence-electron chi connectivity index (χ0n) is 47.6. The number of fused-ring (bicyclic) bond motifs is 7. The highest BCUT2D eigenvalue weighted by molar-refractivity contribution is 5.93. The molecule has 0 aromatic carbocycles. The molecule has 1 aromatic rings. The summed E-state index contributed by atoms with van der Waals surface area (Å²) in [4.78, 5) is 91.8. The number of allylic oxidation sites excluding steroid dienone is 2. The highest BCUT2D eigenvalue weighted by atomic mass is 16.5. The Balaban J connectivity index is 1.06. The van der Waals surface area contributed by atoms with Gasteiger partial charge in [-0.1, -0.05) is 65.3 Å². The van der Waals surface area contributed by atoms with E-state index >= 15 is 0 Å². The van der Waals surface area contributed by atoms with Gasteiger partial charge in [-0.2, -0.15) is 0 Å². The zero-order valence-corrected chi connectivity index (χ0v) is 47.6. The van der Waals surface area contributed by atoms with Gasteiger partial charge in [0, 0.05) is 37.7 Å². The second-order valence-electron chi connectivity index (χ2n) is 24.8. The molecule has 24 nitrogen and oxygen atoms in total. The Morgan fingerprint density at radius 2 is 1.30 bits per heavy atom. The summed E-state index contributed by atoms with van der Waals surface area (Å²) >= 11 is 0. The van der Waals surface area contributed by atoms with Crippen LogP contribution in [-0.2, 0) is 46.5 Å². The van der Waals surface area contributed by atoms with Crippen molar-refractivity contribution in [1.29, 1.82) is 0 Å². The summed E-state index contributed by atoms with van der Waals surface area (Å²) in [5.74, 6) is -3.33. The minimum atomic E-state index is -1.33. The van der Waals surface area contributed by atoms with E-state index in [0.717, 1.165) is 57.8 Å². The first-order chi connectivity index (χ1) is 37.1. The predicted octanol–water partition coefficient (Wildman–Crippen LogP) is 2.56. The lowest BCUT2D eigenvalue weighted by molar-refractivity contribution is -0.214. The van der Waals surface area contributed by atoms with E-state index in [0.29, 0.717) is 29.4 Å². The molecular weight excluding hydrogens is 1010 g/mol. The first kappa shape index (κ1) is 61.7. The van der Waals surface area contributed by atoms with Crippen LogP contribution in [0.1, 0.15) is 157 Å². The summed E-state index contributed by atoms with van der Waals surface area (Å²) in [6, 6.07) is -3.78. The monoisotopic (exact) mass is 1110 g/mol. The molecule has 0 bridgehead atoms. The van der Waals surface area contributed by atoms with Gasteiger partial charge < -0.3 is 65.3 Å². The number of aromatic nitrogens is 3. The molecule has 24 heteroatoms. The number of aliphatic imine (C=N–C) groups is 3. The van der Waals surface area contributed by atoms with Crippen molar-refractivity contribution >= 4 is 53.5 Å². The standard InChI is InChI=1S/C55H91N15O9/c1-31-18-23-55(47(77)78)25-24-53(6)34(43(55)32(31)2)15-16-39-52(5)21-20-40(51(3,4)38(52)19-22-54(39,53)7)79-42(72)17-14-33-29-70(69-68-33)30-41(71)65-35(11-8-26-62-48(56)57)44(73)66-36(12-9-27-63-49(58)59)45(74)67-37(46(75)76)13-10-28-64-50(60)61/h15,29,31-32,35-40,43H,8-14,16-28,30H2,1-7H3,(H,65,71)(H,66,73)(H,67,74)(H,75,76)(H,77,78)(H4,56,57,62)(H4,58,59,63)(H4,60,61,64)/t31-,32+,35+,36+,37+,38+,39-,40+,43+,52+,53-,54-,55+/m1/s1. The number of esters is 1. The lowest BCUT2D eigenvalue weighted by Gasteiger charge is -2.71. The van der Waals surface area contributed by atoms with Crippen LogP contribution in [0.15, 0.2) is 32.8 Å². The Bertz CT molecular complexity index is 2520. The molecule has 6 rings (SSSR count). The van der Waals surface area contributed by atoms with Crippen LogP contribution in [0, 0.1) is 56.7 Å². The molecule has 0 spiro atoms. The Kier molecular flexibility index (Phi) is 19.8. The lowest BCUT2D eigenvalue weighted by atomic mass is 9.33. The first-order valence-electron chi connectivity index (χ1n) is 28.4. The Hall–Kier alpha value is -6.49. The highest BCUT2D eigenvalue weighted by Crippen LogP contribution is 2.76. The number of aryl methyl sites for hydroxylation is 1. The molecular formula is C55H91N15O9. The number of hydrogen-bond acceptors (Lipinski definition) is 12. The van der Waals surface area contributed by atoms with Crippen molar-refractivity contribution in [2.75, 3.05) is 19.6 Å². The number of nitrogens with one attached hydrogen (secondary N) is 3. The van der Waals surface area contributed by atoms with E-state index in [4.69, 9.17) is 39.1 Å². The quantitative estimate of drug-likeness (QED) is 0.0220. The van der Waals surface area contributed by atoms with Crippen molar-refractivity contribution in [2.45, 2.75) is 188 Å². The number of carboxylic acid groups (broad SMARTS) is 2. The number of carbonyl (C=O) groups is 6. The Morgan fingerprint density at radius 1 is 0.734 bits per heavy atom. The minimum absolute atomic E-state index is 0.000247. The van der Waals surface area contributed by atoms with E-state index in [1.54, 1.807) is 6.20 Å². The van der Waals surface area contributed by atoms with Crippen molar-refractivity contribution in [3.8, 4) is 0 Å². The molecule has 13 atom stereocenters. The van der Waals surface area contributed by atoms with Gasteiger partial charge in [0.25, 0.3) is 0 Å². The van der Waals surface area contributed by atoms with Gasteiger partial charge in [0.05, 0.1) is 17.5 Å². The summed E-state index contributed by atoms with van der Waals surface area (Å²) in [7, 11) is 0. The van der Waals surface area contributed by atoms with Gasteiger partial charge in [0.1, 0.15) is 30.8 Å². The summed E-state index contributed by atoms with van der Waals surface area (Å²) in [5.41, 5.74) is 33.5. The third kappa shape index (κ3) is 13.6. The number of aliphatic carboxylic acids is 2. The van der Waals surface area contributed by atoms with Crippen LogP contribution in [0.4, 0.5) is 0 Å². The smallest absolute Gasteiger partial charge is 0.326 e. The fourth-order valence-corrected chi connectivity index (χ4v) is 15.3. The second-order valence-corrected chi connectivity index (χ2v) is 24.8. The predicted molar refractivity (Wildman–Crippen MR) is 298 cm³/mol. The van der Waals surface area contributed by atoms with Gasteiger partial charge in [-0.25, -0.2) is 9.48 Å². The summed E-state index contributed by atoms with van der Waals surface area (Å²) < 4.78 is 7.66. The minimum Gasteiger partial charge on any atom is -0.481 e. The Labute approximate surface area is 464 Å². The van der Waals surface area contributed by atoms with Gasteiger partial charge >= 0.3 is 17.9 Å². The van der Waals surface area contributed by atoms with Crippen molar-refractivity contribution in [2.24, 2.45) is 106 Å². The molecule has 4 saturated carbocycles. The average Bonchev–Trinajstić information content (AvgIpc) is 3.59. The van der Waals surface area contributed by atoms with Crippen LogP contribution < -0.4 is 50.4 Å². The number of nitrogens with two attached hydrogens (primary N) is 6. The molecule has 5 aliphatic rings. The molecule has 0 radical (unpaired) electrons. The highest BCUT2D eigenvalue weighted by Gasteiger charge is 2.70. The maximum absolute atomic E-state index is 13.9. The van der Waals surface area contributed by atoms with Crippen LogP contribution >= 0.6 is 0 Å². The van der Waals surface area contributed by atoms with E-state index in [1.165, 1.54) is 10.3 Å². The molecule has 0 aliphatic heterocycles. The molecule has 5 aliphatic carbocycles. The average molecular weight is 1110 g/mol. The van der Waals surface area contributed by atoms with E-state index in [-0.39, 0.29) is 135 Å². The number of rotatable bonds is 25. The molecule has 0 saturated heterocycles. The second kappa shape index (κ2) is 25.3. The number of amides is 3. The summed E-state index contributed by atoms with van der Waals surface area (Å²) in [5, 5.41) is 36.8. The van der Waals surface area contributed by atoms with Crippen LogP contribution in [-0.4, -0.2) is 123 Å². The Morgan fingerprint density at radius 3 is 1.87 bits per heavy atom. The van der Waals surface area contributed by atoms with Gasteiger partial charge in [-0.3, -0.25) is 38.9 Å². The van der Waals surface area contributed by atoms with Crippen LogP contribution in [0.25, 0.3) is 0 Å². The topological polar surface area (TPSA) is 412 Å². The SMILES string of the molecule is C[C@H]1[C@H](C)CC[C@]2(C(=O)O)CC[C@]3(C)C(=CC[C@@H]4[C@@]5(C)CC[C@H](OC(=O)CCc6cn(CC(=O)N[C@@H](CCCN=C(N)N)C(=O)N[C@@H](CCCN=C(N)N)C(=O)N[C@@H](CCCN=C(N)N)C(=O)O)nn6)C(C)(C)[C@@H]5CC[C@]43C)[C@H]12. The van der Waals surface area contributed by atoms with E-state index in [9.17, 15) is 39.0 Å².